The number of carbonyl (C=O) groups excluding carboxylic acids is 1. The van der Waals surface area contributed by atoms with E-state index in [0.717, 1.165) is 89.9 Å². The van der Waals surface area contributed by atoms with Gasteiger partial charge in [0.2, 0.25) is 0 Å². The van der Waals surface area contributed by atoms with Gasteiger partial charge in [-0.2, -0.15) is 0 Å². The molecule has 1 heterocycles. The molecule has 1 aliphatic rings. The maximum atomic E-state index is 12.6. The van der Waals surface area contributed by atoms with E-state index < -0.39 is 0 Å². The molecular weight excluding hydrogens is 550 g/mol. The van der Waals surface area contributed by atoms with E-state index in [9.17, 15) is 4.79 Å². The van der Waals surface area contributed by atoms with Crippen molar-refractivity contribution in [3.63, 3.8) is 0 Å². The number of hydrogen-bond donors (Lipinski definition) is 1. The lowest BCUT2D eigenvalue weighted by Gasteiger charge is -2.19. The summed E-state index contributed by atoms with van der Waals surface area (Å²) in [7, 11) is 0. The van der Waals surface area contributed by atoms with Crippen molar-refractivity contribution < 1.29 is 24.1 Å². The maximum Gasteiger partial charge on any atom is 0.306 e. The quantitative estimate of drug-likeness (QED) is 0.0445. The van der Waals surface area contributed by atoms with Gasteiger partial charge in [0.25, 0.3) is 0 Å². The van der Waals surface area contributed by atoms with Gasteiger partial charge in [0.15, 0.2) is 6.29 Å². The van der Waals surface area contributed by atoms with Crippen LogP contribution >= 0.6 is 0 Å². The fraction of sp³-hybridized carbons (Fsp3) is 0.974. The third kappa shape index (κ3) is 25.5. The Balaban J connectivity index is 2.16. The molecule has 0 radical (unpaired) electrons. The van der Waals surface area contributed by atoms with Gasteiger partial charge in [-0.05, 0) is 96.7 Å². The van der Waals surface area contributed by atoms with Crippen molar-refractivity contribution in [2.24, 2.45) is 5.92 Å². The Morgan fingerprint density at radius 3 is 1.82 bits per heavy atom. The summed E-state index contributed by atoms with van der Waals surface area (Å²) in [6.07, 6.45) is 29.0. The summed E-state index contributed by atoms with van der Waals surface area (Å²) in [6, 6.07) is 0. The van der Waals surface area contributed by atoms with Gasteiger partial charge >= 0.3 is 5.97 Å². The van der Waals surface area contributed by atoms with Crippen molar-refractivity contribution >= 4 is 5.97 Å². The van der Waals surface area contributed by atoms with Crippen LogP contribution in [-0.4, -0.2) is 67.8 Å². The van der Waals surface area contributed by atoms with Gasteiger partial charge in [-0.15, -0.1) is 0 Å². The first-order valence-corrected chi connectivity index (χ1v) is 19.3. The first-order valence-electron chi connectivity index (χ1n) is 19.3. The Morgan fingerprint density at radius 2 is 1.20 bits per heavy atom. The predicted molar refractivity (Wildman–Crippen MR) is 185 cm³/mol. The molecule has 1 saturated heterocycles. The zero-order valence-corrected chi connectivity index (χ0v) is 29.7. The molecule has 6 nitrogen and oxygen atoms in total. The van der Waals surface area contributed by atoms with Crippen LogP contribution in [0.4, 0.5) is 0 Å². The van der Waals surface area contributed by atoms with Crippen LogP contribution in [0.1, 0.15) is 181 Å². The average Bonchev–Trinajstić information content (AvgIpc) is 3.53. The Morgan fingerprint density at radius 1 is 0.659 bits per heavy atom. The van der Waals surface area contributed by atoms with Crippen LogP contribution in [-0.2, 0) is 19.0 Å². The lowest BCUT2D eigenvalue weighted by atomic mass is 9.92. The van der Waals surface area contributed by atoms with E-state index >= 15 is 0 Å². The van der Waals surface area contributed by atoms with Gasteiger partial charge in [-0.3, -0.25) is 4.79 Å². The van der Waals surface area contributed by atoms with E-state index in [2.05, 4.69) is 18.7 Å². The van der Waals surface area contributed by atoms with Gasteiger partial charge in [0, 0.05) is 26.2 Å². The highest BCUT2D eigenvalue weighted by Gasteiger charge is 2.16. The molecule has 2 unspecified atom stereocenters. The number of hydrogen-bond acceptors (Lipinski definition) is 6. The van der Waals surface area contributed by atoms with Gasteiger partial charge in [-0.1, -0.05) is 104 Å². The monoisotopic (exact) mass is 626 g/mol. The molecule has 1 rings (SSSR count). The number of esters is 1. The fourth-order valence-electron chi connectivity index (χ4n) is 6.48. The second-order valence-electron chi connectivity index (χ2n) is 13.6. The highest BCUT2D eigenvalue weighted by molar-refractivity contribution is 5.69. The zero-order chi connectivity index (χ0) is 31.9. The van der Waals surface area contributed by atoms with Crippen molar-refractivity contribution in [2.75, 3.05) is 39.5 Å². The molecule has 2 atom stereocenters. The van der Waals surface area contributed by atoms with Crippen molar-refractivity contribution in [1.29, 1.82) is 0 Å². The number of aliphatic hydroxyl groups excluding tert-OH is 1. The highest BCUT2D eigenvalue weighted by atomic mass is 16.7. The summed E-state index contributed by atoms with van der Waals surface area (Å²) in [6.45, 7) is 11.9. The number of nitrogens with zero attached hydrogens (tertiary/aromatic N) is 1. The number of carbonyl (C=O) groups is 1. The second-order valence-corrected chi connectivity index (χ2v) is 13.6. The minimum Gasteiger partial charge on any atom is -0.462 e. The summed E-state index contributed by atoms with van der Waals surface area (Å²) >= 11 is 0. The standard InChI is InChI=1S/C38H75NO5/c1-4-6-14-23-36(24-15-7-5-2)28-34-43-35(3)42-33-21-13-9-11-17-26-37(25-16-10-8-12-20-32-40)44-38(41)27-22-31-39-29-18-19-30-39/h35-37,40H,4-34H2,1-3H3. The molecule has 6 heteroatoms. The minimum absolute atomic E-state index is 0.00790. The van der Waals surface area contributed by atoms with Gasteiger partial charge < -0.3 is 24.2 Å². The van der Waals surface area contributed by atoms with Crippen LogP contribution in [0.5, 0.6) is 0 Å². The third-order valence-corrected chi connectivity index (χ3v) is 9.37. The second kappa shape index (κ2) is 30.9. The number of aliphatic hydroxyl groups is 1. The molecule has 0 bridgehead atoms. The molecular formula is C38H75NO5. The minimum atomic E-state index is -0.114. The SMILES string of the molecule is CCCCCC(CCCCC)CCOC(C)OCCCCCCCC(CCCCCCCO)OC(=O)CCCN1CCCC1. The molecule has 1 N–H and O–H groups in total. The summed E-state index contributed by atoms with van der Waals surface area (Å²) in [4.78, 5) is 15.0. The summed E-state index contributed by atoms with van der Waals surface area (Å²) in [5, 5.41) is 8.99. The number of unbranched alkanes of at least 4 members (excludes halogenated alkanes) is 12. The van der Waals surface area contributed by atoms with E-state index in [-0.39, 0.29) is 25.0 Å². The van der Waals surface area contributed by atoms with Crippen molar-refractivity contribution in [3.05, 3.63) is 0 Å². The number of ether oxygens (including phenoxy) is 3. The molecule has 262 valence electrons. The van der Waals surface area contributed by atoms with E-state index in [1.807, 2.05) is 6.92 Å². The maximum absolute atomic E-state index is 12.6. The van der Waals surface area contributed by atoms with Gasteiger partial charge in [-0.25, -0.2) is 0 Å². The molecule has 0 aromatic rings. The van der Waals surface area contributed by atoms with Crippen LogP contribution in [0.15, 0.2) is 0 Å². The first kappa shape index (κ1) is 41.3. The molecule has 0 amide bonds. The summed E-state index contributed by atoms with van der Waals surface area (Å²) < 4.78 is 18.0. The van der Waals surface area contributed by atoms with E-state index in [1.165, 1.54) is 103 Å². The van der Waals surface area contributed by atoms with Crippen molar-refractivity contribution in [2.45, 2.75) is 194 Å². The lowest BCUT2D eigenvalue weighted by Crippen LogP contribution is -2.23. The van der Waals surface area contributed by atoms with Crippen LogP contribution in [0, 0.1) is 5.92 Å². The molecule has 0 aromatic heterocycles. The molecule has 0 aliphatic carbocycles. The normalized spacial score (nSPS) is 15.3. The predicted octanol–water partition coefficient (Wildman–Crippen LogP) is 9.99. The van der Waals surface area contributed by atoms with E-state index in [4.69, 9.17) is 19.3 Å². The van der Waals surface area contributed by atoms with Crippen molar-refractivity contribution in [1.82, 2.24) is 4.90 Å². The topological polar surface area (TPSA) is 68.2 Å². The highest BCUT2D eigenvalue weighted by Crippen LogP contribution is 2.22. The molecule has 1 aliphatic heterocycles. The Kier molecular flexibility index (Phi) is 29.1. The molecule has 0 spiro atoms. The van der Waals surface area contributed by atoms with Crippen LogP contribution in [0.2, 0.25) is 0 Å². The average molecular weight is 626 g/mol. The number of rotatable bonds is 33. The fourth-order valence-corrected chi connectivity index (χ4v) is 6.48. The Bertz CT molecular complexity index is 602. The van der Waals surface area contributed by atoms with Crippen molar-refractivity contribution in [3.8, 4) is 0 Å². The van der Waals surface area contributed by atoms with Gasteiger partial charge in [0.05, 0.1) is 0 Å². The Hall–Kier alpha value is -0.690. The Labute approximate surface area is 273 Å². The van der Waals surface area contributed by atoms with E-state index in [1.54, 1.807) is 0 Å². The smallest absolute Gasteiger partial charge is 0.306 e. The van der Waals surface area contributed by atoms with E-state index in [0.29, 0.717) is 6.42 Å². The van der Waals surface area contributed by atoms with Gasteiger partial charge in [0.1, 0.15) is 6.10 Å². The lowest BCUT2D eigenvalue weighted by molar-refractivity contribution is -0.150. The molecule has 0 aromatic carbocycles. The summed E-state index contributed by atoms with van der Waals surface area (Å²) in [5.41, 5.74) is 0. The van der Waals surface area contributed by atoms with Crippen LogP contribution < -0.4 is 0 Å². The third-order valence-electron chi connectivity index (χ3n) is 9.37. The molecule has 1 fully saturated rings. The summed E-state index contributed by atoms with van der Waals surface area (Å²) in [5.74, 6) is 0.798. The first-order chi connectivity index (χ1) is 21.6. The largest absolute Gasteiger partial charge is 0.462 e. The molecule has 0 saturated carbocycles. The number of likely N-dealkylation sites (tertiary alicyclic amines) is 1. The van der Waals surface area contributed by atoms with Crippen LogP contribution in [0.25, 0.3) is 0 Å². The van der Waals surface area contributed by atoms with Crippen LogP contribution in [0.3, 0.4) is 0 Å². The zero-order valence-electron chi connectivity index (χ0n) is 29.7. The molecule has 44 heavy (non-hydrogen) atoms.